The number of hydrogen-bond acceptors (Lipinski definition) is 11. The van der Waals surface area contributed by atoms with Crippen LogP contribution in [-0.2, 0) is 36.6 Å². The van der Waals surface area contributed by atoms with Crippen LogP contribution >= 0.6 is 11.3 Å². The van der Waals surface area contributed by atoms with E-state index in [0.29, 0.717) is 78.7 Å². The molecule has 3 saturated heterocycles. The van der Waals surface area contributed by atoms with E-state index in [1.807, 2.05) is 56.9 Å². The monoisotopic (exact) mass is 1020 g/mol. The standard InChI is InChI=1S/C54H62FN9O8S/c1-27(2)46(60-53(67)69-5)50(65)62-16-8-11-39(62)49-57-26-37(59-49)32-21-35(55)45-41-22-33-20-30(14-15-38(33)64(41)52(72-42(45)23-32)44-24-31-10-7-13-43(31)73-44)36-25-56-48(58-36)40-12-9-17-63(40)51(66)47(61-54(68)70-6)34-18-28(3)71-29(4)19-34/h14-15,20-29,34,39-40,46-47,52H,7-13,16-19H2,1-6H3,(H,56,58)(H,57,59)(H,60,67)(H,61,68)/t28-,29+,34?,39-,40-,46-,47?,52?/m0/s1. The molecule has 17 nitrogen and oxygen atoms in total. The van der Waals surface area contributed by atoms with Crippen LogP contribution in [0.15, 0.2) is 54.9 Å². The molecule has 4 amide bonds. The first kappa shape index (κ1) is 48.5. The fourth-order valence-electron chi connectivity index (χ4n) is 12.0. The van der Waals surface area contributed by atoms with Crippen LogP contribution in [0.4, 0.5) is 14.0 Å². The molecular formula is C54H62FN9O8S. The molecule has 11 rings (SSSR count). The number of amides is 4. The molecule has 19 heteroatoms. The van der Waals surface area contributed by atoms with E-state index in [-0.39, 0.29) is 47.9 Å². The molecule has 1 aliphatic carbocycles. The van der Waals surface area contributed by atoms with Crippen molar-refractivity contribution in [3.05, 3.63) is 87.6 Å². The lowest BCUT2D eigenvalue weighted by atomic mass is 9.85. The van der Waals surface area contributed by atoms with Crippen molar-refractivity contribution in [3.8, 4) is 39.5 Å². The second-order valence-electron chi connectivity index (χ2n) is 20.6. The average molecular weight is 1020 g/mol. The van der Waals surface area contributed by atoms with Crippen molar-refractivity contribution in [3.63, 3.8) is 0 Å². The van der Waals surface area contributed by atoms with Crippen molar-refractivity contribution in [2.24, 2.45) is 11.8 Å². The van der Waals surface area contributed by atoms with Gasteiger partial charge in [0, 0.05) is 34.5 Å². The zero-order valence-corrected chi connectivity index (χ0v) is 42.8. The number of aromatic nitrogens is 5. The van der Waals surface area contributed by atoms with Gasteiger partial charge in [-0.2, -0.15) is 0 Å². The first-order valence-electron chi connectivity index (χ1n) is 25.6. The highest BCUT2D eigenvalue weighted by Gasteiger charge is 2.43. The smallest absolute Gasteiger partial charge is 0.407 e. The molecule has 3 fully saturated rings. The number of halogens is 1. The van der Waals surface area contributed by atoms with Gasteiger partial charge in [0.05, 0.1) is 83.9 Å². The maximum atomic E-state index is 17.0. The van der Waals surface area contributed by atoms with Crippen molar-refractivity contribution < 1.29 is 42.5 Å². The normalized spacial score (nSPS) is 23.2. The van der Waals surface area contributed by atoms with E-state index in [9.17, 15) is 19.2 Å². The summed E-state index contributed by atoms with van der Waals surface area (Å²) in [7, 11) is 2.58. The minimum Gasteiger partial charge on any atom is -0.464 e. The van der Waals surface area contributed by atoms with E-state index in [1.54, 1.807) is 28.6 Å². The average Bonchev–Trinajstić information content (AvgIpc) is 4.23. The first-order chi connectivity index (χ1) is 35.3. The molecule has 8 heterocycles. The predicted molar refractivity (Wildman–Crippen MR) is 271 cm³/mol. The summed E-state index contributed by atoms with van der Waals surface area (Å²) < 4.78 is 41.8. The Morgan fingerprint density at radius 1 is 0.808 bits per heavy atom. The molecule has 4 N–H and O–H groups in total. The lowest BCUT2D eigenvalue weighted by Crippen LogP contribution is -2.54. The number of methoxy groups -OCH3 is 2. The first-order valence-corrected chi connectivity index (χ1v) is 26.4. The Balaban J connectivity index is 0.895. The number of rotatable bonds is 11. The lowest BCUT2D eigenvalue weighted by Gasteiger charge is -2.38. The Kier molecular flexibility index (Phi) is 13.0. The number of imidazole rings is 2. The molecule has 0 spiro atoms. The van der Waals surface area contributed by atoms with Gasteiger partial charge in [0.2, 0.25) is 18.0 Å². The molecule has 0 saturated carbocycles. The minimum absolute atomic E-state index is 0.0488. The van der Waals surface area contributed by atoms with Gasteiger partial charge in [-0.3, -0.25) is 14.2 Å². The van der Waals surface area contributed by atoms with Gasteiger partial charge in [0.15, 0.2) is 0 Å². The number of likely N-dealkylation sites (tertiary alicyclic amines) is 2. The number of benzene rings is 2. The number of carbonyl (C=O) groups excluding carboxylic acids is 4. The fourth-order valence-corrected chi connectivity index (χ4v) is 13.3. The number of nitrogens with one attached hydrogen (secondary N) is 4. The largest absolute Gasteiger partial charge is 0.464 e. The Hall–Kier alpha value is -6.73. The zero-order chi connectivity index (χ0) is 50.8. The summed E-state index contributed by atoms with van der Waals surface area (Å²) in [4.78, 5) is 75.6. The van der Waals surface area contributed by atoms with Crippen molar-refractivity contribution in [1.82, 2.24) is 44.9 Å². The molecule has 5 aliphatic rings. The van der Waals surface area contributed by atoms with Crippen LogP contribution in [0.3, 0.4) is 0 Å². The molecule has 6 aromatic rings. The topological polar surface area (TPSA) is 198 Å². The van der Waals surface area contributed by atoms with Crippen LogP contribution in [0.2, 0.25) is 0 Å². The summed E-state index contributed by atoms with van der Waals surface area (Å²) in [5.41, 5.74) is 6.05. The molecule has 384 valence electrons. The Morgan fingerprint density at radius 3 is 2.12 bits per heavy atom. The molecule has 73 heavy (non-hydrogen) atoms. The van der Waals surface area contributed by atoms with Gasteiger partial charge in [0.25, 0.3) is 0 Å². The molecule has 4 aliphatic heterocycles. The summed E-state index contributed by atoms with van der Waals surface area (Å²) in [6.07, 6.45) is 8.88. The Morgan fingerprint density at radius 2 is 1.47 bits per heavy atom. The summed E-state index contributed by atoms with van der Waals surface area (Å²) in [5.74, 6) is 0.541. The fraction of sp³-hybridized carbons (Fsp3) is 0.481. The van der Waals surface area contributed by atoms with Crippen molar-refractivity contribution in [2.75, 3.05) is 27.3 Å². The number of fused-ring (bicyclic) bond motifs is 6. The van der Waals surface area contributed by atoms with Crippen LogP contribution in [0.5, 0.6) is 5.75 Å². The van der Waals surface area contributed by atoms with Crippen molar-refractivity contribution >= 4 is 46.2 Å². The van der Waals surface area contributed by atoms with E-state index in [4.69, 9.17) is 28.9 Å². The highest BCUT2D eigenvalue weighted by molar-refractivity contribution is 7.12. The molecular weight excluding hydrogens is 954 g/mol. The number of ether oxygens (including phenoxy) is 4. The van der Waals surface area contributed by atoms with E-state index in [1.165, 1.54) is 30.7 Å². The zero-order valence-electron chi connectivity index (χ0n) is 42.0. The number of thiophene rings is 1. The van der Waals surface area contributed by atoms with Gasteiger partial charge in [-0.15, -0.1) is 11.3 Å². The maximum absolute atomic E-state index is 17.0. The number of H-pyrrole nitrogens is 2. The van der Waals surface area contributed by atoms with E-state index in [2.05, 4.69) is 37.3 Å². The van der Waals surface area contributed by atoms with Crippen LogP contribution < -0.4 is 15.4 Å². The SMILES string of the molecule is COC(=O)NC(C(=O)N1CCC[C@H]1c1ncc(-c2ccc3c(c2)cc2n3C(c3cc4c(s3)CCC4)Oc3cc(-c4cnc([C@@H]5CCCN5C(=O)[C@@H](NC(=O)OC)C(C)C)[nH]4)cc(F)c3-2)[nH]1)C1C[C@@H](C)O[C@@H](C)C1. The van der Waals surface area contributed by atoms with E-state index < -0.39 is 36.3 Å². The molecule has 4 aromatic heterocycles. The molecule has 0 radical (unpaired) electrons. The maximum Gasteiger partial charge on any atom is 0.407 e. The summed E-state index contributed by atoms with van der Waals surface area (Å²) in [6.45, 7) is 8.79. The molecule has 0 bridgehead atoms. The minimum atomic E-state index is -0.770. The number of aromatic amines is 2. The van der Waals surface area contributed by atoms with Gasteiger partial charge in [-0.1, -0.05) is 19.9 Å². The Bertz CT molecular complexity index is 3070. The third-order valence-corrected chi connectivity index (χ3v) is 16.7. The third-order valence-electron chi connectivity index (χ3n) is 15.5. The summed E-state index contributed by atoms with van der Waals surface area (Å²) in [6, 6.07) is 11.6. The van der Waals surface area contributed by atoms with Gasteiger partial charge < -0.3 is 49.3 Å². The number of aryl methyl sites for hydroxylation is 2. The highest BCUT2D eigenvalue weighted by Crippen LogP contribution is 2.49. The number of carbonyl (C=O) groups is 4. The van der Waals surface area contributed by atoms with E-state index >= 15 is 4.39 Å². The quantitative estimate of drug-likeness (QED) is 0.0970. The van der Waals surface area contributed by atoms with Gasteiger partial charge in [-0.25, -0.2) is 23.9 Å². The number of hydrogen-bond donors (Lipinski definition) is 4. The Labute approximate surface area is 426 Å². The number of nitrogens with zero attached hydrogens (tertiary/aromatic N) is 5. The third kappa shape index (κ3) is 9.01. The van der Waals surface area contributed by atoms with Gasteiger partial charge in [0.1, 0.15) is 35.3 Å². The summed E-state index contributed by atoms with van der Waals surface area (Å²) in [5, 5.41) is 6.45. The number of alkyl carbamates (subject to hydrolysis) is 2. The summed E-state index contributed by atoms with van der Waals surface area (Å²) >= 11 is 1.75. The lowest BCUT2D eigenvalue weighted by molar-refractivity contribution is -0.138. The highest BCUT2D eigenvalue weighted by atomic mass is 32.1. The van der Waals surface area contributed by atoms with Gasteiger partial charge >= 0.3 is 12.2 Å². The van der Waals surface area contributed by atoms with Crippen LogP contribution in [-0.4, -0.2) is 110 Å². The van der Waals surface area contributed by atoms with Crippen molar-refractivity contribution in [2.45, 2.75) is 128 Å². The van der Waals surface area contributed by atoms with Crippen LogP contribution in [0.1, 0.15) is 118 Å². The molecule has 3 unspecified atom stereocenters. The predicted octanol–water partition coefficient (Wildman–Crippen LogP) is 9.35. The second-order valence-corrected chi connectivity index (χ2v) is 21.8. The van der Waals surface area contributed by atoms with Crippen LogP contribution in [0.25, 0.3) is 44.7 Å². The van der Waals surface area contributed by atoms with E-state index in [0.717, 1.165) is 59.1 Å². The van der Waals surface area contributed by atoms with Gasteiger partial charge in [-0.05, 0) is 125 Å². The second kappa shape index (κ2) is 19.6. The van der Waals surface area contributed by atoms with Crippen molar-refractivity contribution in [1.29, 1.82) is 0 Å². The molecule has 2 aromatic carbocycles. The molecule has 8 atom stereocenters. The van der Waals surface area contributed by atoms with Crippen LogP contribution in [0, 0.1) is 17.7 Å².